The molecular formula is C11H18OSi. The van der Waals surface area contributed by atoms with E-state index in [1.165, 1.54) is 17.7 Å². The molecule has 0 N–H and O–H groups in total. The van der Waals surface area contributed by atoms with Gasteiger partial charge in [0.05, 0.1) is 0 Å². The van der Waals surface area contributed by atoms with Crippen LogP contribution in [0.1, 0.15) is 19.4 Å². The fourth-order valence-corrected chi connectivity index (χ4v) is 3.35. The Hall–Kier alpha value is -0.603. The second-order valence-electron chi connectivity index (χ2n) is 3.18. The molecule has 0 fully saturated rings. The number of hydrogen-bond donors (Lipinski definition) is 0. The molecule has 13 heavy (non-hydrogen) atoms. The van der Waals surface area contributed by atoms with Gasteiger partial charge < -0.3 is 4.43 Å². The zero-order valence-electron chi connectivity index (χ0n) is 8.49. The van der Waals surface area contributed by atoms with Gasteiger partial charge >= 0.3 is 0 Å². The van der Waals surface area contributed by atoms with Crippen LogP contribution in [0.2, 0.25) is 6.04 Å². The van der Waals surface area contributed by atoms with Gasteiger partial charge in [-0.3, -0.25) is 0 Å². The molecule has 0 spiro atoms. The fourth-order valence-electron chi connectivity index (χ4n) is 1.43. The predicted molar refractivity (Wildman–Crippen MR) is 59.4 cm³/mol. The van der Waals surface area contributed by atoms with Gasteiger partial charge in [0.2, 0.25) is 0 Å². The molecular weight excluding hydrogens is 176 g/mol. The molecule has 0 radical (unpaired) electrons. The Kier molecular flexibility index (Phi) is 4.79. The molecule has 1 unspecified atom stereocenters. The molecule has 0 aromatic heterocycles. The van der Waals surface area contributed by atoms with Gasteiger partial charge in [-0.25, -0.2) is 0 Å². The zero-order chi connectivity index (χ0) is 9.52. The van der Waals surface area contributed by atoms with E-state index in [1.807, 2.05) is 0 Å². The summed E-state index contributed by atoms with van der Waals surface area (Å²) in [5, 5.41) is 0. The molecule has 1 aromatic rings. The normalized spacial score (nSPS) is 12.8. The van der Waals surface area contributed by atoms with Crippen LogP contribution in [0.4, 0.5) is 0 Å². The van der Waals surface area contributed by atoms with Crippen molar-refractivity contribution in [3.05, 3.63) is 35.9 Å². The summed E-state index contributed by atoms with van der Waals surface area (Å²) in [5.41, 5.74) is 1.43. The fraction of sp³-hybridized carbons (Fsp3) is 0.455. The van der Waals surface area contributed by atoms with E-state index >= 15 is 0 Å². The van der Waals surface area contributed by atoms with E-state index in [1.54, 1.807) is 0 Å². The highest BCUT2D eigenvalue weighted by Gasteiger charge is 2.08. The molecule has 72 valence electrons. The molecule has 0 amide bonds. The smallest absolute Gasteiger partial charge is 0.180 e. The van der Waals surface area contributed by atoms with Crippen molar-refractivity contribution in [3.8, 4) is 0 Å². The van der Waals surface area contributed by atoms with Crippen molar-refractivity contribution < 1.29 is 4.43 Å². The number of benzene rings is 1. The Morgan fingerprint density at radius 1 is 1.15 bits per heavy atom. The Bertz CT molecular complexity index is 223. The molecule has 1 aromatic carbocycles. The van der Waals surface area contributed by atoms with Gasteiger partial charge in [0, 0.05) is 6.61 Å². The molecule has 1 rings (SSSR count). The minimum atomic E-state index is -0.940. The van der Waals surface area contributed by atoms with Crippen molar-refractivity contribution in [1.82, 2.24) is 0 Å². The standard InChI is InChI=1S/C11H18OSi/c1-3-12-13(4-2)10-11-8-6-5-7-9-11/h5-9,13H,3-4,10H2,1-2H3. The molecule has 1 nitrogen and oxygen atoms in total. The highest BCUT2D eigenvalue weighted by molar-refractivity contribution is 6.51. The van der Waals surface area contributed by atoms with E-state index in [0.717, 1.165) is 6.61 Å². The Balaban J connectivity index is 2.46. The number of rotatable bonds is 5. The van der Waals surface area contributed by atoms with Crippen molar-refractivity contribution >= 4 is 9.04 Å². The lowest BCUT2D eigenvalue weighted by molar-refractivity contribution is 0.341. The van der Waals surface area contributed by atoms with E-state index in [-0.39, 0.29) is 0 Å². The van der Waals surface area contributed by atoms with Gasteiger partial charge in [0.25, 0.3) is 0 Å². The maximum absolute atomic E-state index is 5.73. The molecule has 0 bridgehead atoms. The summed E-state index contributed by atoms with van der Waals surface area (Å²) in [4.78, 5) is 0. The lowest BCUT2D eigenvalue weighted by Crippen LogP contribution is -2.20. The van der Waals surface area contributed by atoms with Gasteiger partial charge in [0.1, 0.15) is 0 Å². The van der Waals surface area contributed by atoms with Gasteiger partial charge in [-0.05, 0) is 24.6 Å². The lowest BCUT2D eigenvalue weighted by atomic mass is 10.2. The van der Waals surface area contributed by atoms with Crippen LogP contribution in [0.15, 0.2) is 30.3 Å². The van der Waals surface area contributed by atoms with Gasteiger partial charge in [0.15, 0.2) is 9.04 Å². The summed E-state index contributed by atoms with van der Waals surface area (Å²) < 4.78 is 5.73. The quantitative estimate of drug-likeness (QED) is 0.655. The van der Waals surface area contributed by atoms with Crippen LogP contribution in [0.3, 0.4) is 0 Å². The molecule has 0 heterocycles. The Labute approximate surface area is 82.5 Å². The van der Waals surface area contributed by atoms with Crippen LogP contribution < -0.4 is 0 Å². The topological polar surface area (TPSA) is 9.23 Å². The van der Waals surface area contributed by atoms with E-state index in [2.05, 4.69) is 44.2 Å². The van der Waals surface area contributed by atoms with Crippen LogP contribution in [0, 0.1) is 0 Å². The second-order valence-corrected chi connectivity index (χ2v) is 5.98. The second kappa shape index (κ2) is 5.94. The highest BCUT2D eigenvalue weighted by atomic mass is 28.3. The molecule has 0 saturated carbocycles. The highest BCUT2D eigenvalue weighted by Crippen LogP contribution is 2.05. The summed E-state index contributed by atoms with van der Waals surface area (Å²) >= 11 is 0. The largest absolute Gasteiger partial charge is 0.420 e. The summed E-state index contributed by atoms with van der Waals surface area (Å²) in [6.07, 6.45) is 0. The molecule has 0 saturated heterocycles. The summed E-state index contributed by atoms with van der Waals surface area (Å²) in [6, 6.07) is 13.0. The average molecular weight is 194 g/mol. The lowest BCUT2D eigenvalue weighted by Gasteiger charge is -2.12. The van der Waals surface area contributed by atoms with Crippen molar-refractivity contribution in [2.24, 2.45) is 0 Å². The van der Waals surface area contributed by atoms with Crippen LogP contribution in [0.5, 0.6) is 0 Å². The van der Waals surface area contributed by atoms with Gasteiger partial charge in [-0.2, -0.15) is 0 Å². The third-order valence-electron chi connectivity index (χ3n) is 2.16. The molecule has 0 aliphatic heterocycles. The van der Waals surface area contributed by atoms with Crippen LogP contribution in [-0.2, 0) is 10.5 Å². The molecule has 2 heteroatoms. The molecule has 1 atom stereocenters. The van der Waals surface area contributed by atoms with Crippen molar-refractivity contribution in [2.75, 3.05) is 6.61 Å². The van der Waals surface area contributed by atoms with Gasteiger partial charge in [-0.1, -0.05) is 37.3 Å². The van der Waals surface area contributed by atoms with Crippen molar-refractivity contribution in [3.63, 3.8) is 0 Å². The first-order valence-corrected chi connectivity index (χ1v) is 7.12. The van der Waals surface area contributed by atoms with Crippen LogP contribution in [0.25, 0.3) is 0 Å². The monoisotopic (exact) mass is 194 g/mol. The van der Waals surface area contributed by atoms with Gasteiger partial charge in [-0.15, -0.1) is 0 Å². The number of hydrogen-bond acceptors (Lipinski definition) is 1. The van der Waals surface area contributed by atoms with E-state index in [4.69, 9.17) is 4.43 Å². The summed E-state index contributed by atoms with van der Waals surface area (Å²) in [6.45, 7) is 5.19. The van der Waals surface area contributed by atoms with E-state index < -0.39 is 9.04 Å². The first-order chi connectivity index (χ1) is 6.36. The average Bonchev–Trinajstić information content (AvgIpc) is 2.19. The Morgan fingerprint density at radius 3 is 2.38 bits per heavy atom. The van der Waals surface area contributed by atoms with E-state index in [9.17, 15) is 0 Å². The van der Waals surface area contributed by atoms with Crippen molar-refractivity contribution in [2.45, 2.75) is 25.9 Å². The molecule has 0 aliphatic rings. The SMILES string of the molecule is CCO[SiH](CC)Cc1ccccc1. The Morgan fingerprint density at radius 2 is 1.85 bits per heavy atom. The maximum Gasteiger partial charge on any atom is 0.180 e. The minimum Gasteiger partial charge on any atom is -0.420 e. The summed E-state index contributed by atoms with van der Waals surface area (Å²) in [7, 11) is -0.940. The third-order valence-corrected chi connectivity index (χ3v) is 4.81. The summed E-state index contributed by atoms with van der Waals surface area (Å²) in [5.74, 6) is 0. The maximum atomic E-state index is 5.73. The van der Waals surface area contributed by atoms with Crippen LogP contribution >= 0.6 is 0 Å². The molecule has 0 aliphatic carbocycles. The third kappa shape index (κ3) is 3.74. The predicted octanol–water partition coefficient (Wildman–Crippen LogP) is 2.55. The minimum absolute atomic E-state index is 0.873. The van der Waals surface area contributed by atoms with E-state index in [0.29, 0.717) is 0 Å². The van der Waals surface area contributed by atoms with Crippen molar-refractivity contribution in [1.29, 1.82) is 0 Å². The first-order valence-electron chi connectivity index (χ1n) is 5.02. The zero-order valence-corrected chi connectivity index (χ0v) is 9.65. The van der Waals surface area contributed by atoms with Crippen LogP contribution in [-0.4, -0.2) is 15.6 Å². The first kappa shape index (κ1) is 10.5.